The first-order chi connectivity index (χ1) is 14.8. The highest BCUT2D eigenvalue weighted by Gasteiger charge is 2.23. The largest absolute Gasteiger partial charge is 0.444 e. The van der Waals surface area contributed by atoms with Crippen LogP contribution in [0, 0.1) is 0 Å². The maximum atomic E-state index is 12.4. The van der Waals surface area contributed by atoms with Crippen molar-refractivity contribution in [1.82, 2.24) is 30.3 Å². The van der Waals surface area contributed by atoms with Crippen LogP contribution in [0.1, 0.15) is 59.1 Å². The molecule has 1 aliphatic rings. The Kier molecular flexibility index (Phi) is 9.54. The smallest absolute Gasteiger partial charge is 0.410 e. The summed E-state index contributed by atoms with van der Waals surface area (Å²) in [6, 6.07) is 0.208. The lowest BCUT2D eigenvalue weighted by atomic mass is 10.1. The maximum Gasteiger partial charge on any atom is 0.410 e. The first-order valence-corrected chi connectivity index (χ1v) is 11.2. The van der Waals surface area contributed by atoms with Crippen molar-refractivity contribution in [2.24, 2.45) is 4.99 Å². The van der Waals surface area contributed by atoms with E-state index in [9.17, 15) is 4.79 Å². The van der Waals surface area contributed by atoms with Crippen molar-refractivity contribution in [3.63, 3.8) is 0 Å². The van der Waals surface area contributed by atoms with Crippen molar-refractivity contribution in [2.45, 2.75) is 78.7 Å². The van der Waals surface area contributed by atoms with Gasteiger partial charge in [0, 0.05) is 39.2 Å². The second-order valence-corrected chi connectivity index (χ2v) is 8.67. The molecular weight excluding hydrogens is 398 g/mol. The van der Waals surface area contributed by atoms with Gasteiger partial charge in [-0.2, -0.15) is 5.10 Å². The van der Waals surface area contributed by atoms with Crippen LogP contribution in [0.25, 0.3) is 0 Å². The van der Waals surface area contributed by atoms with E-state index >= 15 is 0 Å². The van der Waals surface area contributed by atoms with Gasteiger partial charge in [-0.1, -0.05) is 6.92 Å². The van der Waals surface area contributed by atoms with Crippen LogP contribution in [0.2, 0.25) is 0 Å². The number of nitrogens with one attached hydrogen (secondary N) is 2. The molecule has 0 saturated heterocycles. The molecule has 0 saturated carbocycles. The molecule has 0 aliphatic carbocycles. The summed E-state index contributed by atoms with van der Waals surface area (Å²) < 4.78 is 12.6. The molecule has 1 unspecified atom stereocenters. The predicted octanol–water partition coefficient (Wildman–Crippen LogP) is 1.94. The molecule has 0 aromatic carbocycles. The Balaban J connectivity index is 1.93. The van der Waals surface area contributed by atoms with Crippen molar-refractivity contribution in [3.8, 4) is 0 Å². The minimum Gasteiger partial charge on any atom is -0.444 e. The monoisotopic (exact) mass is 437 g/mol. The Morgan fingerprint density at radius 3 is 2.74 bits per heavy atom. The van der Waals surface area contributed by atoms with Crippen LogP contribution >= 0.6 is 0 Å². The fourth-order valence-electron chi connectivity index (χ4n) is 3.36. The molecule has 0 spiro atoms. The second-order valence-electron chi connectivity index (χ2n) is 8.67. The average Bonchev–Trinajstić information content (AvgIpc) is 3.08. The van der Waals surface area contributed by atoms with E-state index in [0.717, 1.165) is 50.0 Å². The number of fused-ring (bicyclic) bond motifs is 1. The van der Waals surface area contributed by atoms with Crippen LogP contribution in [0.3, 0.4) is 0 Å². The lowest BCUT2D eigenvalue weighted by Crippen LogP contribution is -2.47. The number of nitrogens with zero attached hydrogens (tertiary/aromatic N) is 5. The fraction of sp³-hybridized carbons (Fsp3) is 0.810. The summed E-state index contributed by atoms with van der Waals surface area (Å²) >= 11 is 0. The highest BCUT2D eigenvalue weighted by molar-refractivity contribution is 5.80. The van der Waals surface area contributed by atoms with Gasteiger partial charge in [0.1, 0.15) is 18.0 Å². The highest BCUT2D eigenvalue weighted by atomic mass is 16.6. The van der Waals surface area contributed by atoms with E-state index in [1.165, 1.54) is 0 Å². The summed E-state index contributed by atoms with van der Waals surface area (Å²) in [6.45, 7) is 13.3. The fourth-order valence-corrected chi connectivity index (χ4v) is 3.36. The number of aryl methyl sites for hydroxylation is 1. The van der Waals surface area contributed by atoms with E-state index in [-0.39, 0.29) is 12.1 Å². The van der Waals surface area contributed by atoms with Crippen LogP contribution in [-0.2, 0) is 29.0 Å². The van der Waals surface area contributed by atoms with E-state index < -0.39 is 5.60 Å². The van der Waals surface area contributed by atoms with Crippen LogP contribution in [0.15, 0.2) is 4.99 Å². The number of hydrogen-bond donors (Lipinski definition) is 2. The summed E-state index contributed by atoms with van der Waals surface area (Å²) in [5, 5.41) is 11.3. The third-order valence-electron chi connectivity index (χ3n) is 4.65. The van der Waals surface area contributed by atoms with Crippen LogP contribution in [0.4, 0.5) is 4.79 Å². The summed E-state index contributed by atoms with van der Waals surface area (Å²) in [7, 11) is 1.65. The van der Waals surface area contributed by atoms with Crippen molar-refractivity contribution in [3.05, 3.63) is 11.6 Å². The van der Waals surface area contributed by atoms with Crippen LogP contribution in [0.5, 0.6) is 0 Å². The summed E-state index contributed by atoms with van der Waals surface area (Å²) in [5.74, 6) is 2.46. The van der Waals surface area contributed by atoms with Crippen LogP contribution < -0.4 is 10.6 Å². The molecule has 2 N–H and O–H groups in total. The lowest BCUT2D eigenvalue weighted by Gasteiger charge is -2.27. The van der Waals surface area contributed by atoms with Crippen molar-refractivity contribution < 1.29 is 14.3 Å². The third-order valence-corrected chi connectivity index (χ3v) is 4.65. The summed E-state index contributed by atoms with van der Waals surface area (Å²) in [4.78, 5) is 23.4. The van der Waals surface area contributed by atoms with Crippen molar-refractivity contribution in [1.29, 1.82) is 0 Å². The first-order valence-electron chi connectivity index (χ1n) is 11.2. The van der Waals surface area contributed by atoms with Gasteiger partial charge in [0.05, 0.1) is 13.1 Å². The SMILES string of the molecule is CCCN(CCN=C(NCC)NC1CCc2nc(COC)nn2C1)C(=O)OC(C)(C)C. The molecule has 31 heavy (non-hydrogen) atoms. The third kappa shape index (κ3) is 8.35. The Hall–Kier alpha value is -2.36. The Bertz CT molecular complexity index is 727. The maximum absolute atomic E-state index is 12.4. The molecule has 0 fully saturated rings. The van der Waals surface area contributed by atoms with E-state index in [1.54, 1.807) is 12.0 Å². The highest BCUT2D eigenvalue weighted by Crippen LogP contribution is 2.14. The average molecular weight is 438 g/mol. The van der Waals surface area contributed by atoms with E-state index in [0.29, 0.717) is 26.2 Å². The van der Waals surface area contributed by atoms with Gasteiger partial charge in [-0.25, -0.2) is 14.5 Å². The minimum atomic E-state index is -0.507. The number of amides is 1. The second kappa shape index (κ2) is 11.9. The Morgan fingerprint density at radius 2 is 2.10 bits per heavy atom. The normalized spacial score (nSPS) is 16.6. The molecule has 0 radical (unpaired) electrons. The zero-order valence-electron chi connectivity index (χ0n) is 19.9. The molecule has 10 heteroatoms. The molecule has 1 amide bonds. The molecule has 2 rings (SSSR count). The summed E-state index contributed by atoms with van der Waals surface area (Å²) in [5.41, 5.74) is -0.507. The van der Waals surface area contributed by atoms with E-state index in [4.69, 9.17) is 9.47 Å². The minimum absolute atomic E-state index is 0.208. The van der Waals surface area contributed by atoms with E-state index in [1.807, 2.05) is 39.3 Å². The molecule has 1 aromatic rings. The first kappa shape index (κ1) is 24.9. The topological polar surface area (TPSA) is 106 Å². The summed E-state index contributed by atoms with van der Waals surface area (Å²) in [6.07, 6.45) is 2.39. The number of methoxy groups -OCH3 is 1. The van der Waals surface area contributed by atoms with Gasteiger partial charge < -0.3 is 25.0 Å². The molecule has 10 nitrogen and oxygen atoms in total. The number of guanidine groups is 1. The quantitative estimate of drug-likeness (QED) is 0.449. The van der Waals surface area contributed by atoms with Gasteiger partial charge in [0.25, 0.3) is 0 Å². The molecule has 1 aromatic heterocycles. The molecular formula is C21H39N7O3. The molecule has 0 bridgehead atoms. The van der Waals surface area contributed by atoms with Crippen LogP contribution in [-0.4, -0.2) is 76.6 Å². The van der Waals surface area contributed by atoms with Crippen molar-refractivity contribution in [2.75, 3.05) is 33.3 Å². The van der Waals surface area contributed by atoms with Gasteiger partial charge in [0.2, 0.25) is 0 Å². The standard InChI is InChI=1S/C21H39N7O3/c1-7-12-27(20(29)31-21(3,4)5)13-11-23-19(22-8-2)24-16-9-10-18-25-17(15-30-6)26-28(18)14-16/h16H,7-15H2,1-6H3,(H2,22,23,24). The number of carbonyl (C=O) groups is 1. The number of ether oxygens (including phenoxy) is 2. The molecule has 1 aliphatic heterocycles. The lowest BCUT2D eigenvalue weighted by molar-refractivity contribution is 0.0256. The number of carbonyl (C=O) groups excluding carboxylic acids is 1. The Labute approximate surface area is 185 Å². The van der Waals surface area contributed by atoms with Gasteiger partial charge in [-0.3, -0.25) is 4.99 Å². The number of hydrogen-bond acceptors (Lipinski definition) is 6. The Morgan fingerprint density at radius 1 is 1.32 bits per heavy atom. The van der Waals surface area contributed by atoms with Gasteiger partial charge >= 0.3 is 6.09 Å². The molecule has 176 valence electrons. The number of aliphatic imine (C=N–C) groups is 1. The van der Waals surface area contributed by atoms with Gasteiger partial charge in [-0.05, 0) is 40.5 Å². The number of aromatic nitrogens is 3. The van der Waals surface area contributed by atoms with Gasteiger partial charge in [-0.15, -0.1) is 0 Å². The zero-order valence-corrected chi connectivity index (χ0v) is 19.9. The molecule has 1 atom stereocenters. The zero-order chi connectivity index (χ0) is 22.9. The predicted molar refractivity (Wildman–Crippen MR) is 120 cm³/mol. The van der Waals surface area contributed by atoms with Gasteiger partial charge in [0.15, 0.2) is 11.8 Å². The molecule has 2 heterocycles. The van der Waals surface area contributed by atoms with E-state index in [2.05, 4.69) is 25.7 Å². The number of rotatable bonds is 9. The van der Waals surface area contributed by atoms with Crippen molar-refractivity contribution >= 4 is 12.1 Å².